The molecular weight excluding hydrogens is 430 g/mol. The lowest BCUT2D eigenvalue weighted by Crippen LogP contribution is -2.27. The van der Waals surface area contributed by atoms with Crippen molar-refractivity contribution < 1.29 is 29.6 Å². The molecule has 0 aliphatic heterocycles. The summed E-state index contributed by atoms with van der Waals surface area (Å²) in [6.07, 6.45) is 2.90. The zero-order valence-corrected chi connectivity index (χ0v) is 19.0. The van der Waals surface area contributed by atoms with Crippen LogP contribution in [0.2, 0.25) is 0 Å². The van der Waals surface area contributed by atoms with E-state index in [0.29, 0.717) is 25.2 Å². The highest BCUT2D eigenvalue weighted by molar-refractivity contribution is 7.12. The molecular formula is C24H29NO6S. The van der Waals surface area contributed by atoms with Gasteiger partial charge >= 0.3 is 11.9 Å². The fourth-order valence-electron chi connectivity index (χ4n) is 2.27. The van der Waals surface area contributed by atoms with Gasteiger partial charge in [0.1, 0.15) is 12.0 Å². The minimum absolute atomic E-state index is 0.112. The zero-order valence-electron chi connectivity index (χ0n) is 18.2. The highest BCUT2D eigenvalue weighted by atomic mass is 32.1. The molecule has 5 N–H and O–H groups in total. The van der Waals surface area contributed by atoms with Crippen molar-refractivity contribution in [1.29, 1.82) is 0 Å². The summed E-state index contributed by atoms with van der Waals surface area (Å²) in [6, 6.07) is 12.2. The lowest BCUT2D eigenvalue weighted by atomic mass is 10.0. The van der Waals surface area contributed by atoms with Gasteiger partial charge in [-0.15, -0.1) is 11.3 Å². The van der Waals surface area contributed by atoms with Gasteiger partial charge in [-0.1, -0.05) is 36.5 Å². The molecule has 0 bridgehead atoms. The van der Waals surface area contributed by atoms with E-state index in [2.05, 4.69) is 30.9 Å². The first-order chi connectivity index (χ1) is 15.2. The SMILES string of the molecule is Cc1ccc(OCCC#Cc2ccc(CC[C@@H](C)C(N)O)s2)cc1.O=C(O)/C=C\C(=O)O. The molecule has 0 saturated carbocycles. The second-order valence-corrected chi connectivity index (χ2v) is 8.16. The van der Waals surface area contributed by atoms with Gasteiger partial charge in [-0.2, -0.15) is 0 Å². The van der Waals surface area contributed by atoms with Gasteiger partial charge in [0.2, 0.25) is 0 Å². The number of ether oxygens (including phenoxy) is 1. The van der Waals surface area contributed by atoms with Crippen LogP contribution < -0.4 is 10.5 Å². The van der Waals surface area contributed by atoms with Crippen molar-refractivity contribution in [2.24, 2.45) is 11.7 Å². The predicted molar refractivity (Wildman–Crippen MR) is 125 cm³/mol. The van der Waals surface area contributed by atoms with Crippen molar-refractivity contribution in [2.45, 2.75) is 39.3 Å². The number of nitrogens with two attached hydrogens (primary N) is 1. The molecule has 0 radical (unpaired) electrons. The first-order valence-corrected chi connectivity index (χ1v) is 10.8. The van der Waals surface area contributed by atoms with Crippen LogP contribution >= 0.6 is 11.3 Å². The van der Waals surface area contributed by atoms with Crippen LogP contribution in [0.5, 0.6) is 5.75 Å². The second-order valence-electron chi connectivity index (χ2n) is 7.00. The van der Waals surface area contributed by atoms with E-state index in [-0.39, 0.29) is 5.92 Å². The maximum absolute atomic E-state index is 9.55. The lowest BCUT2D eigenvalue weighted by Gasteiger charge is -2.12. The number of carboxylic acid groups (broad SMARTS) is 2. The molecule has 1 heterocycles. The Hall–Kier alpha value is -3.12. The number of thiophene rings is 1. The topological polar surface area (TPSA) is 130 Å². The van der Waals surface area contributed by atoms with Crippen LogP contribution in [0.15, 0.2) is 48.6 Å². The van der Waals surface area contributed by atoms with Gasteiger partial charge in [0.25, 0.3) is 0 Å². The molecule has 0 spiro atoms. The van der Waals surface area contributed by atoms with Crippen LogP contribution in [-0.2, 0) is 16.0 Å². The first kappa shape index (κ1) is 26.9. The lowest BCUT2D eigenvalue weighted by molar-refractivity contribution is -0.134. The van der Waals surface area contributed by atoms with E-state index in [4.69, 9.17) is 20.7 Å². The van der Waals surface area contributed by atoms with Crippen molar-refractivity contribution in [1.82, 2.24) is 0 Å². The van der Waals surface area contributed by atoms with Crippen molar-refractivity contribution in [2.75, 3.05) is 6.61 Å². The van der Waals surface area contributed by atoms with Gasteiger partial charge in [0, 0.05) is 23.5 Å². The van der Waals surface area contributed by atoms with E-state index in [0.717, 1.165) is 23.5 Å². The van der Waals surface area contributed by atoms with Gasteiger partial charge < -0.3 is 25.8 Å². The summed E-state index contributed by atoms with van der Waals surface area (Å²) < 4.78 is 5.66. The van der Waals surface area contributed by atoms with E-state index in [1.165, 1.54) is 10.4 Å². The molecule has 0 amide bonds. The molecule has 32 heavy (non-hydrogen) atoms. The minimum atomic E-state index is -1.26. The van der Waals surface area contributed by atoms with Gasteiger partial charge in [0.15, 0.2) is 0 Å². The van der Waals surface area contributed by atoms with E-state index in [1.807, 2.05) is 31.2 Å². The zero-order chi connectivity index (χ0) is 23.9. The average Bonchev–Trinajstić information content (AvgIpc) is 3.19. The molecule has 0 aliphatic carbocycles. The Morgan fingerprint density at radius 1 is 1.12 bits per heavy atom. The van der Waals surface area contributed by atoms with Crippen LogP contribution in [0.1, 0.15) is 35.1 Å². The molecule has 0 aliphatic rings. The second kappa shape index (κ2) is 14.8. The van der Waals surface area contributed by atoms with Crippen molar-refractivity contribution in [3.8, 4) is 17.6 Å². The number of benzene rings is 1. The Bertz CT molecular complexity index is 921. The molecule has 2 atom stereocenters. The first-order valence-electron chi connectivity index (χ1n) is 10.0. The van der Waals surface area contributed by atoms with Crippen LogP contribution in [0.3, 0.4) is 0 Å². The fraction of sp³-hybridized carbons (Fsp3) is 0.333. The third kappa shape index (κ3) is 12.5. The summed E-state index contributed by atoms with van der Waals surface area (Å²) in [6.45, 7) is 4.62. The molecule has 0 saturated heterocycles. The standard InChI is InChI=1S/C20H25NO2S.C4H4O4/c1-15-6-9-17(10-7-15)23-14-4-3-5-18-12-13-19(24-18)11-8-16(2)20(21)22;5-3(6)1-2-4(7)8/h6-7,9-10,12-13,16,20,22H,4,8,11,14,21H2,1-2H3;1-2H,(H,5,6)(H,7,8)/b;2-1-/t16-,20?;/m1./s1. The maximum atomic E-state index is 9.55. The third-order valence-corrected chi connectivity index (χ3v) is 5.25. The number of hydrogen-bond donors (Lipinski definition) is 4. The number of carboxylic acids is 2. The largest absolute Gasteiger partial charge is 0.493 e. The van der Waals surface area contributed by atoms with Crippen molar-refractivity contribution in [3.63, 3.8) is 0 Å². The quantitative estimate of drug-likeness (QED) is 0.196. The monoisotopic (exact) mass is 459 g/mol. The van der Waals surface area contributed by atoms with Crippen LogP contribution in [-0.4, -0.2) is 40.1 Å². The number of aliphatic hydroxyl groups excluding tert-OH is 1. The molecule has 172 valence electrons. The number of aryl methyl sites for hydroxylation is 2. The Balaban J connectivity index is 0.000000547. The average molecular weight is 460 g/mol. The molecule has 8 heteroatoms. The molecule has 1 aromatic heterocycles. The summed E-state index contributed by atoms with van der Waals surface area (Å²) in [5, 5.41) is 24.9. The van der Waals surface area contributed by atoms with Crippen LogP contribution in [0, 0.1) is 24.7 Å². The van der Waals surface area contributed by atoms with E-state index in [9.17, 15) is 14.7 Å². The highest BCUT2D eigenvalue weighted by Crippen LogP contribution is 2.19. The fourth-order valence-corrected chi connectivity index (χ4v) is 3.16. The summed E-state index contributed by atoms with van der Waals surface area (Å²) in [4.78, 5) is 21.5. The minimum Gasteiger partial charge on any atom is -0.493 e. The number of aliphatic carboxylic acids is 2. The van der Waals surface area contributed by atoms with Gasteiger partial charge in [-0.05, 0) is 49.9 Å². The molecule has 2 aromatic rings. The third-order valence-electron chi connectivity index (χ3n) is 4.19. The molecule has 7 nitrogen and oxygen atoms in total. The summed E-state index contributed by atoms with van der Waals surface area (Å²) in [5.41, 5.74) is 6.70. The molecule has 2 rings (SSSR count). The number of rotatable bonds is 9. The maximum Gasteiger partial charge on any atom is 0.328 e. The summed E-state index contributed by atoms with van der Waals surface area (Å²) in [7, 11) is 0. The van der Waals surface area contributed by atoms with Gasteiger partial charge in [-0.3, -0.25) is 0 Å². The van der Waals surface area contributed by atoms with E-state index in [1.54, 1.807) is 11.3 Å². The van der Waals surface area contributed by atoms with Gasteiger partial charge in [-0.25, -0.2) is 9.59 Å². The van der Waals surface area contributed by atoms with Crippen molar-refractivity contribution in [3.05, 3.63) is 63.9 Å². The van der Waals surface area contributed by atoms with E-state index < -0.39 is 18.2 Å². The van der Waals surface area contributed by atoms with Crippen LogP contribution in [0.25, 0.3) is 0 Å². The van der Waals surface area contributed by atoms with Gasteiger partial charge in [0.05, 0.1) is 11.5 Å². The van der Waals surface area contributed by atoms with Crippen molar-refractivity contribution >= 4 is 23.3 Å². The Morgan fingerprint density at radius 2 is 1.75 bits per heavy atom. The molecule has 1 aromatic carbocycles. The highest BCUT2D eigenvalue weighted by Gasteiger charge is 2.09. The summed E-state index contributed by atoms with van der Waals surface area (Å²) >= 11 is 1.71. The predicted octanol–water partition coefficient (Wildman–Crippen LogP) is 3.43. The Morgan fingerprint density at radius 3 is 2.31 bits per heavy atom. The Labute approximate surface area is 192 Å². The number of carbonyl (C=O) groups is 2. The smallest absolute Gasteiger partial charge is 0.328 e. The number of hydrogen-bond acceptors (Lipinski definition) is 6. The summed E-state index contributed by atoms with van der Waals surface area (Å²) in [5.74, 6) is 4.82. The number of aliphatic hydroxyl groups is 1. The Kier molecular flexibility index (Phi) is 12.5. The van der Waals surface area contributed by atoms with Crippen LogP contribution in [0.4, 0.5) is 0 Å². The normalized spacial score (nSPS) is 12.1. The van der Waals surface area contributed by atoms with E-state index >= 15 is 0 Å². The molecule has 1 unspecified atom stereocenters. The molecule has 0 fully saturated rings.